The van der Waals surface area contributed by atoms with E-state index < -0.39 is 10.0 Å². The van der Waals surface area contributed by atoms with Crippen molar-refractivity contribution in [2.75, 3.05) is 18.0 Å². The lowest BCUT2D eigenvalue weighted by molar-refractivity contribution is -0.116. The van der Waals surface area contributed by atoms with Crippen molar-refractivity contribution in [3.8, 4) is 0 Å². The van der Waals surface area contributed by atoms with Crippen molar-refractivity contribution in [3.63, 3.8) is 0 Å². The number of amides is 1. The van der Waals surface area contributed by atoms with Gasteiger partial charge in [-0.3, -0.25) is 4.79 Å². The van der Waals surface area contributed by atoms with Gasteiger partial charge >= 0.3 is 0 Å². The molecule has 0 spiro atoms. The van der Waals surface area contributed by atoms with Crippen LogP contribution in [0.15, 0.2) is 47.4 Å². The van der Waals surface area contributed by atoms with Gasteiger partial charge < -0.3 is 4.90 Å². The first kappa shape index (κ1) is 19.4. The van der Waals surface area contributed by atoms with E-state index in [9.17, 15) is 13.2 Å². The molecule has 7 heteroatoms. The Morgan fingerprint density at radius 2 is 1.84 bits per heavy atom. The molecule has 5 nitrogen and oxygen atoms in total. The van der Waals surface area contributed by atoms with Gasteiger partial charge in [0.25, 0.3) is 0 Å². The summed E-state index contributed by atoms with van der Waals surface area (Å²) in [6, 6.07) is 12.1. The maximum absolute atomic E-state index is 12.4. The highest BCUT2D eigenvalue weighted by Crippen LogP contribution is 2.22. The number of benzene rings is 2. The van der Waals surface area contributed by atoms with Gasteiger partial charge in [0.05, 0.1) is 5.02 Å². The first-order valence-electron chi connectivity index (χ1n) is 7.82. The van der Waals surface area contributed by atoms with Gasteiger partial charge in [0.15, 0.2) is 0 Å². The number of hydrogen-bond donors (Lipinski definition) is 1. The van der Waals surface area contributed by atoms with Crippen molar-refractivity contribution in [2.24, 2.45) is 0 Å². The molecule has 0 saturated heterocycles. The average molecular weight is 381 g/mol. The molecule has 2 aromatic rings. The van der Waals surface area contributed by atoms with Crippen molar-refractivity contribution in [1.82, 2.24) is 4.72 Å². The third-order valence-corrected chi connectivity index (χ3v) is 5.75. The Morgan fingerprint density at radius 3 is 2.48 bits per heavy atom. The molecule has 0 aromatic heterocycles. The molecule has 0 unspecified atom stereocenters. The van der Waals surface area contributed by atoms with Crippen LogP contribution in [0.5, 0.6) is 0 Å². The van der Waals surface area contributed by atoms with Gasteiger partial charge in [0, 0.05) is 25.7 Å². The van der Waals surface area contributed by atoms with Crippen LogP contribution in [0.4, 0.5) is 5.69 Å². The predicted molar refractivity (Wildman–Crippen MR) is 101 cm³/mol. The summed E-state index contributed by atoms with van der Waals surface area (Å²) in [4.78, 5) is 13.6. The molecule has 2 rings (SSSR count). The van der Waals surface area contributed by atoms with Crippen LogP contribution in [0, 0.1) is 13.8 Å². The standard InChI is InChI=1S/C18H21ClN2O3S/c1-13-8-9-14(2)17(12-13)21(15(3)22)11-10-20-25(23,24)18-7-5-4-6-16(18)19/h4-9,12,20H,10-11H2,1-3H3. The lowest BCUT2D eigenvalue weighted by atomic mass is 10.1. The normalized spacial score (nSPS) is 11.4. The van der Waals surface area contributed by atoms with Crippen LogP contribution < -0.4 is 9.62 Å². The molecule has 0 saturated carbocycles. The van der Waals surface area contributed by atoms with E-state index in [4.69, 9.17) is 11.6 Å². The largest absolute Gasteiger partial charge is 0.311 e. The monoisotopic (exact) mass is 380 g/mol. The Balaban J connectivity index is 2.14. The highest BCUT2D eigenvalue weighted by Gasteiger charge is 2.19. The Labute approximate surface area is 153 Å². The fraction of sp³-hybridized carbons (Fsp3) is 0.278. The van der Waals surface area contributed by atoms with E-state index in [1.165, 1.54) is 19.1 Å². The molecular weight excluding hydrogens is 360 g/mol. The number of hydrogen-bond acceptors (Lipinski definition) is 3. The Hall–Kier alpha value is -1.89. The number of anilines is 1. The van der Waals surface area contributed by atoms with Crippen LogP contribution in [0.25, 0.3) is 0 Å². The first-order valence-corrected chi connectivity index (χ1v) is 9.68. The number of nitrogens with one attached hydrogen (secondary N) is 1. The summed E-state index contributed by atoms with van der Waals surface area (Å²) in [5, 5.41) is 0.160. The van der Waals surface area contributed by atoms with Crippen LogP contribution in [-0.2, 0) is 14.8 Å². The molecule has 134 valence electrons. The molecule has 0 bridgehead atoms. The van der Waals surface area contributed by atoms with E-state index >= 15 is 0 Å². The molecule has 0 fully saturated rings. The zero-order valence-electron chi connectivity index (χ0n) is 14.4. The van der Waals surface area contributed by atoms with Crippen LogP contribution in [0.3, 0.4) is 0 Å². The molecule has 0 heterocycles. The Bertz CT molecular complexity index is 882. The van der Waals surface area contributed by atoms with Crippen LogP contribution in [-0.4, -0.2) is 27.4 Å². The van der Waals surface area contributed by atoms with Crippen molar-refractivity contribution >= 4 is 33.2 Å². The molecule has 1 N–H and O–H groups in total. The summed E-state index contributed by atoms with van der Waals surface area (Å²) in [5.74, 6) is -0.148. The minimum atomic E-state index is -3.73. The Morgan fingerprint density at radius 1 is 1.16 bits per heavy atom. The molecule has 2 aromatic carbocycles. The zero-order chi connectivity index (χ0) is 18.6. The Kier molecular flexibility index (Phi) is 6.21. The third kappa shape index (κ3) is 4.81. The van der Waals surface area contributed by atoms with Gasteiger partial charge in [0.1, 0.15) is 4.90 Å². The minimum Gasteiger partial charge on any atom is -0.311 e. The van der Waals surface area contributed by atoms with E-state index in [-0.39, 0.29) is 28.9 Å². The SMILES string of the molecule is CC(=O)N(CCNS(=O)(=O)c1ccccc1Cl)c1cc(C)ccc1C. The third-order valence-electron chi connectivity index (χ3n) is 3.79. The molecule has 1 amide bonds. The molecular formula is C18H21ClN2O3S. The van der Waals surface area contributed by atoms with E-state index in [0.29, 0.717) is 0 Å². The number of nitrogens with zero attached hydrogens (tertiary/aromatic N) is 1. The van der Waals surface area contributed by atoms with E-state index in [1.54, 1.807) is 17.0 Å². The van der Waals surface area contributed by atoms with Gasteiger partial charge in [-0.1, -0.05) is 35.9 Å². The van der Waals surface area contributed by atoms with Gasteiger partial charge in [0.2, 0.25) is 15.9 Å². The van der Waals surface area contributed by atoms with Gasteiger partial charge in [-0.15, -0.1) is 0 Å². The summed E-state index contributed by atoms with van der Waals surface area (Å²) < 4.78 is 27.2. The summed E-state index contributed by atoms with van der Waals surface area (Å²) >= 11 is 5.95. The quantitative estimate of drug-likeness (QED) is 0.836. The van der Waals surface area contributed by atoms with Crippen molar-refractivity contribution in [3.05, 3.63) is 58.6 Å². The highest BCUT2D eigenvalue weighted by molar-refractivity contribution is 7.89. The van der Waals surface area contributed by atoms with E-state index in [1.807, 2.05) is 32.0 Å². The van der Waals surface area contributed by atoms with E-state index in [2.05, 4.69) is 4.72 Å². The van der Waals surface area contributed by atoms with Crippen LogP contribution in [0.2, 0.25) is 5.02 Å². The number of carbonyl (C=O) groups is 1. The minimum absolute atomic E-state index is 0.0257. The molecule has 0 aliphatic carbocycles. The van der Waals surface area contributed by atoms with E-state index in [0.717, 1.165) is 16.8 Å². The lowest BCUT2D eigenvalue weighted by Gasteiger charge is -2.24. The fourth-order valence-electron chi connectivity index (χ4n) is 2.49. The maximum Gasteiger partial charge on any atom is 0.242 e. The van der Waals surface area contributed by atoms with Gasteiger partial charge in [-0.05, 0) is 43.2 Å². The molecule has 0 aliphatic rings. The second-order valence-electron chi connectivity index (χ2n) is 5.79. The zero-order valence-corrected chi connectivity index (χ0v) is 16.0. The van der Waals surface area contributed by atoms with Gasteiger partial charge in [-0.2, -0.15) is 0 Å². The van der Waals surface area contributed by atoms with Gasteiger partial charge in [-0.25, -0.2) is 13.1 Å². The number of rotatable bonds is 6. The topological polar surface area (TPSA) is 66.5 Å². The maximum atomic E-state index is 12.4. The highest BCUT2D eigenvalue weighted by atomic mass is 35.5. The smallest absolute Gasteiger partial charge is 0.242 e. The lowest BCUT2D eigenvalue weighted by Crippen LogP contribution is -2.38. The molecule has 0 atom stereocenters. The summed E-state index contributed by atoms with van der Waals surface area (Å²) in [5.41, 5.74) is 2.77. The molecule has 0 radical (unpaired) electrons. The summed E-state index contributed by atoms with van der Waals surface area (Å²) in [6.45, 7) is 5.63. The second kappa shape index (κ2) is 7.99. The number of carbonyl (C=O) groups excluding carboxylic acids is 1. The van der Waals surface area contributed by atoms with Crippen molar-refractivity contribution in [2.45, 2.75) is 25.7 Å². The van der Waals surface area contributed by atoms with Crippen molar-refractivity contribution in [1.29, 1.82) is 0 Å². The number of aryl methyl sites for hydroxylation is 2. The van der Waals surface area contributed by atoms with Crippen LogP contribution >= 0.6 is 11.6 Å². The van der Waals surface area contributed by atoms with Crippen LogP contribution in [0.1, 0.15) is 18.1 Å². The molecule has 0 aliphatic heterocycles. The number of halogens is 1. The predicted octanol–water partition coefficient (Wildman–Crippen LogP) is 3.29. The average Bonchev–Trinajstić information content (AvgIpc) is 2.54. The molecule has 25 heavy (non-hydrogen) atoms. The van der Waals surface area contributed by atoms with Crippen molar-refractivity contribution < 1.29 is 13.2 Å². The fourth-order valence-corrected chi connectivity index (χ4v) is 4.03. The summed E-state index contributed by atoms with van der Waals surface area (Å²) in [6.07, 6.45) is 0. The number of sulfonamides is 1. The second-order valence-corrected chi connectivity index (χ2v) is 7.93. The first-order chi connectivity index (χ1) is 11.7. The summed E-state index contributed by atoms with van der Waals surface area (Å²) in [7, 11) is -3.73.